The summed E-state index contributed by atoms with van der Waals surface area (Å²) < 4.78 is 0. The van der Waals surface area contributed by atoms with Crippen LogP contribution < -0.4 is 5.32 Å². The maximum absolute atomic E-state index is 12.9. The van der Waals surface area contributed by atoms with Gasteiger partial charge in [0.15, 0.2) is 0 Å². The summed E-state index contributed by atoms with van der Waals surface area (Å²) in [5.41, 5.74) is 1.43. The minimum atomic E-state index is 0.0516. The van der Waals surface area contributed by atoms with Crippen LogP contribution in [0.3, 0.4) is 0 Å². The van der Waals surface area contributed by atoms with Crippen molar-refractivity contribution in [3.05, 3.63) is 35.9 Å². The summed E-state index contributed by atoms with van der Waals surface area (Å²) in [6.07, 6.45) is 7.72. The summed E-state index contributed by atoms with van der Waals surface area (Å²) in [5.74, 6) is 1.03. The van der Waals surface area contributed by atoms with Crippen molar-refractivity contribution in [3.8, 4) is 0 Å². The minimum absolute atomic E-state index is 0.0516. The van der Waals surface area contributed by atoms with Crippen molar-refractivity contribution >= 4 is 11.8 Å². The van der Waals surface area contributed by atoms with Gasteiger partial charge in [-0.05, 0) is 49.0 Å². The van der Waals surface area contributed by atoms with Gasteiger partial charge in [-0.2, -0.15) is 0 Å². The molecule has 1 aromatic carbocycles. The average Bonchev–Trinajstić information content (AvgIpc) is 2.72. The number of benzene rings is 1. The van der Waals surface area contributed by atoms with E-state index in [9.17, 15) is 9.59 Å². The first kappa shape index (κ1) is 21.9. The zero-order valence-corrected chi connectivity index (χ0v) is 18.5. The van der Waals surface area contributed by atoms with Crippen molar-refractivity contribution in [1.29, 1.82) is 0 Å². The molecule has 1 saturated heterocycles. The maximum atomic E-state index is 12.9. The summed E-state index contributed by atoms with van der Waals surface area (Å²) in [7, 11) is 0. The molecule has 29 heavy (non-hydrogen) atoms. The maximum Gasteiger partial charge on any atom is 0.223 e. The second-order valence-electron chi connectivity index (χ2n) is 10.0. The van der Waals surface area contributed by atoms with Crippen molar-refractivity contribution in [2.24, 2.45) is 17.3 Å². The van der Waals surface area contributed by atoms with E-state index in [0.717, 1.165) is 25.7 Å². The first-order chi connectivity index (χ1) is 13.8. The first-order valence-corrected chi connectivity index (χ1v) is 11.5. The van der Waals surface area contributed by atoms with Gasteiger partial charge in [0, 0.05) is 31.5 Å². The van der Waals surface area contributed by atoms with Crippen LogP contribution in [0.5, 0.6) is 0 Å². The van der Waals surface area contributed by atoms with Crippen molar-refractivity contribution in [2.45, 2.75) is 78.2 Å². The molecule has 2 aliphatic rings. The van der Waals surface area contributed by atoms with Gasteiger partial charge in [-0.3, -0.25) is 9.59 Å². The molecule has 160 valence electrons. The van der Waals surface area contributed by atoms with Crippen LogP contribution in [0.25, 0.3) is 0 Å². The number of nitrogens with zero attached hydrogens (tertiary/aromatic N) is 1. The number of amides is 2. The normalized spacial score (nSPS) is 23.6. The number of likely N-dealkylation sites (tertiary alicyclic amines) is 1. The lowest BCUT2D eigenvalue weighted by Gasteiger charge is -2.41. The van der Waals surface area contributed by atoms with E-state index >= 15 is 0 Å². The fraction of sp³-hybridized carbons (Fsp3) is 0.680. The van der Waals surface area contributed by atoms with Crippen LogP contribution in [0.4, 0.5) is 0 Å². The molecule has 0 unspecified atom stereocenters. The standard InChI is InChI=1S/C25H38N2O2/c1-25(2,3)21-11-7-8-12-22(21)26-24(29)20-15-17-27(18-16-20)23(28)14-13-19-9-5-4-6-10-19/h4-6,9-10,20-22H,7-8,11-18H2,1-3H3,(H,26,29)/t21-,22+/m0/s1. The van der Waals surface area contributed by atoms with E-state index in [0.29, 0.717) is 31.5 Å². The second-order valence-corrected chi connectivity index (χ2v) is 10.0. The molecule has 1 aromatic rings. The second kappa shape index (κ2) is 9.77. The fourth-order valence-electron chi connectivity index (χ4n) is 5.09. The van der Waals surface area contributed by atoms with E-state index < -0.39 is 0 Å². The van der Waals surface area contributed by atoms with Crippen molar-refractivity contribution in [1.82, 2.24) is 10.2 Å². The van der Waals surface area contributed by atoms with Gasteiger partial charge in [0.1, 0.15) is 0 Å². The lowest BCUT2D eigenvalue weighted by Crippen LogP contribution is -2.50. The number of carbonyl (C=O) groups is 2. The third-order valence-electron chi connectivity index (χ3n) is 6.89. The van der Waals surface area contributed by atoms with Crippen LogP contribution in [-0.4, -0.2) is 35.8 Å². The Kier molecular flexibility index (Phi) is 7.37. The van der Waals surface area contributed by atoms with Crippen LogP contribution in [0, 0.1) is 17.3 Å². The Morgan fingerprint density at radius 3 is 2.31 bits per heavy atom. The molecule has 1 heterocycles. The smallest absolute Gasteiger partial charge is 0.223 e. The van der Waals surface area contributed by atoms with Gasteiger partial charge >= 0.3 is 0 Å². The summed E-state index contributed by atoms with van der Waals surface area (Å²) in [5, 5.41) is 3.39. The van der Waals surface area contributed by atoms with Crippen molar-refractivity contribution in [3.63, 3.8) is 0 Å². The molecule has 2 amide bonds. The molecule has 0 radical (unpaired) electrons. The third kappa shape index (κ3) is 6.07. The Hall–Kier alpha value is -1.84. The van der Waals surface area contributed by atoms with Gasteiger partial charge in [0.25, 0.3) is 0 Å². The van der Waals surface area contributed by atoms with Crippen molar-refractivity contribution in [2.75, 3.05) is 13.1 Å². The summed E-state index contributed by atoms with van der Waals surface area (Å²) in [4.78, 5) is 27.4. The minimum Gasteiger partial charge on any atom is -0.353 e. The van der Waals surface area contributed by atoms with E-state index in [2.05, 4.69) is 38.2 Å². The Bertz CT molecular complexity index is 672. The summed E-state index contributed by atoms with van der Waals surface area (Å²) in [6, 6.07) is 10.5. The number of nitrogens with one attached hydrogen (secondary N) is 1. The highest BCUT2D eigenvalue weighted by Gasteiger charge is 2.36. The van der Waals surface area contributed by atoms with Gasteiger partial charge in [-0.1, -0.05) is 63.9 Å². The lowest BCUT2D eigenvalue weighted by molar-refractivity contribution is -0.136. The Morgan fingerprint density at radius 1 is 1.00 bits per heavy atom. The molecule has 4 heteroatoms. The Balaban J connectivity index is 1.44. The van der Waals surface area contributed by atoms with Gasteiger partial charge in [0.05, 0.1) is 0 Å². The SMILES string of the molecule is CC(C)(C)[C@H]1CCCC[C@H]1NC(=O)C1CCN(C(=O)CCc2ccccc2)CC1. The monoisotopic (exact) mass is 398 g/mol. The first-order valence-electron chi connectivity index (χ1n) is 11.5. The number of aryl methyl sites for hydroxylation is 1. The number of piperidine rings is 1. The molecule has 1 saturated carbocycles. The van der Waals surface area contributed by atoms with E-state index in [1.807, 2.05) is 23.1 Å². The molecular formula is C25H38N2O2. The molecule has 0 bridgehead atoms. The summed E-state index contributed by atoms with van der Waals surface area (Å²) in [6.45, 7) is 8.29. The molecule has 1 aliphatic heterocycles. The lowest BCUT2D eigenvalue weighted by atomic mass is 9.69. The van der Waals surface area contributed by atoms with Crippen LogP contribution in [0.15, 0.2) is 30.3 Å². The van der Waals surface area contributed by atoms with Crippen LogP contribution >= 0.6 is 0 Å². The van der Waals surface area contributed by atoms with Gasteiger partial charge in [0.2, 0.25) is 11.8 Å². The average molecular weight is 399 g/mol. The van der Waals surface area contributed by atoms with Crippen LogP contribution in [0.1, 0.15) is 71.3 Å². The molecule has 0 aromatic heterocycles. The highest BCUT2D eigenvalue weighted by Crippen LogP contribution is 2.38. The molecule has 2 fully saturated rings. The molecular weight excluding hydrogens is 360 g/mol. The molecule has 1 N–H and O–H groups in total. The van der Waals surface area contributed by atoms with E-state index in [1.165, 1.54) is 24.8 Å². The molecule has 1 aliphatic carbocycles. The molecule has 0 spiro atoms. The molecule has 4 nitrogen and oxygen atoms in total. The number of hydrogen-bond acceptors (Lipinski definition) is 2. The van der Waals surface area contributed by atoms with Crippen LogP contribution in [-0.2, 0) is 16.0 Å². The largest absolute Gasteiger partial charge is 0.353 e. The number of rotatable bonds is 5. The highest BCUT2D eigenvalue weighted by molar-refractivity contribution is 5.80. The predicted molar refractivity (Wildman–Crippen MR) is 117 cm³/mol. The quantitative estimate of drug-likeness (QED) is 0.789. The predicted octanol–water partition coefficient (Wildman–Crippen LogP) is 4.58. The van der Waals surface area contributed by atoms with E-state index in [4.69, 9.17) is 0 Å². The molecule has 3 rings (SSSR count). The van der Waals surface area contributed by atoms with E-state index in [1.54, 1.807) is 0 Å². The third-order valence-corrected chi connectivity index (χ3v) is 6.89. The summed E-state index contributed by atoms with van der Waals surface area (Å²) >= 11 is 0. The van der Waals surface area contributed by atoms with Crippen molar-refractivity contribution < 1.29 is 9.59 Å². The topological polar surface area (TPSA) is 49.4 Å². The Labute approximate surface area is 176 Å². The fourth-order valence-corrected chi connectivity index (χ4v) is 5.09. The molecule has 2 atom stereocenters. The van der Waals surface area contributed by atoms with Gasteiger partial charge < -0.3 is 10.2 Å². The number of hydrogen-bond donors (Lipinski definition) is 1. The zero-order valence-electron chi connectivity index (χ0n) is 18.5. The van der Waals surface area contributed by atoms with E-state index in [-0.39, 0.29) is 23.1 Å². The van der Waals surface area contributed by atoms with Gasteiger partial charge in [-0.15, -0.1) is 0 Å². The number of carbonyl (C=O) groups excluding carboxylic acids is 2. The zero-order chi connectivity index (χ0) is 20.9. The van der Waals surface area contributed by atoms with Gasteiger partial charge in [-0.25, -0.2) is 0 Å². The Morgan fingerprint density at radius 2 is 1.66 bits per heavy atom. The van der Waals surface area contributed by atoms with Crippen LogP contribution in [0.2, 0.25) is 0 Å². The highest BCUT2D eigenvalue weighted by atomic mass is 16.2.